The smallest absolute Gasteiger partial charge is 0.121 e. The molecule has 2 nitrogen and oxygen atoms in total. The lowest BCUT2D eigenvalue weighted by Gasteiger charge is -2.41. The first-order chi connectivity index (χ1) is 12.4. The van der Waals surface area contributed by atoms with Crippen molar-refractivity contribution in [2.45, 2.75) is 31.3 Å². The van der Waals surface area contributed by atoms with Crippen molar-refractivity contribution in [1.29, 1.82) is 0 Å². The van der Waals surface area contributed by atoms with Gasteiger partial charge in [0, 0.05) is 24.4 Å². The molecule has 4 heteroatoms. The quantitative estimate of drug-likeness (QED) is 0.286. The summed E-state index contributed by atoms with van der Waals surface area (Å²) in [5.74, 6) is 0.892. The molecule has 1 aliphatic heterocycles. The van der Waals surface area contributed by atoms with E-state index in [1.165, 1.54) is 18.3 Å². The van der Waals surface area contributed by atoms with Gasteiger partial charge in [-0.1, -0.05) is 50.3 Å². The standard InChI is InChI=1S/C22H20I2N2/c1-20(2)21(14-6-10-16(23)11-7-14)18-4-3-5-19(18)22(20,26-25-21)15-8-12-17(24)13-9-15/h3-4,6-13,18-19H,5H2,1-2H3/t18-,19+,21-,22+/m0/s1. The average Bonchev–Trinajstić information content (AvgIpc) is 3.24. The zero-order chi connectivity index (χ0) is 18.2. The number of azo groups is 1. The van der Waals surface area contributed by atoms with E-state index in [-0.39, 0.29) is 16.5 Å². The first-order valence-corrected chi connectivity index (χ1v) is 11.2. The number of allylic oxidation sites excluding steroid dienone is 1. The summed E-state index contributed by atoms with van der Waals surface area (Å²) >= 11 is 4.75. The molecule has 3 aliphatic rings. The maximum absolute atomic E-state index is 5.08. The van der Waals surface area contributed by atoms with Crippen LogP contribution in [0.4, 0.5) is 0 Å². The van der Waals surface area contributed by atoms with E-state index in [1.807, 2.05) is 0 Å². The molecule has 5 rings (SSSR count). The summed E-state index contributed by atoms with van der Waals surface area (Å²) < 4.78 is 2.52. The van der Waals surface area contributed by atoms with Crippen LogP contribution in [0.2, 0.25) is 0 Å². The fraction of sp³-hybridized carbons (Fsp3) is 0.364. The molecule has 26 heavy (non-hydrogen) atoms. The highest BCUT2D eigenvalue weighted by Crippen LogP contribution is 2.76. The van der Waals surface area contributed by atoms with Crippen molar-refractivity contribution in [3.05, 3.63) is 79.0 Å². The van der Waals surface area contributed by atoms with E-state index < -0.39 is 0 Å². The Kier molecular flexibility index (Phi) is 3.75. The Balaban J connectivity index is 1.77. The first-order valence-electron chi connectivity index (χ1n) is 9.06. The number of hydrogen-bond donors (Lipinski definition) is 0. The molecule has 2 aromatic carbocycles. The molecule has 0 unspecified atom stereocenters. The molecule has 0 radical (unpaired) electrons. The molecule has 2 aromatic rings. The molecule has 0 aromatic heterocycles. The SMILES string of the molecule is CC1(C)[C@]2(c3ccc(I)cc3)N=N[C@@]1(c1ccc(I)cc1)[C@H]1C=CC[C@H]12. The summed E-state index contributed by atoms with van der Waals surface area (Å²) in [6.07, 6.45) is 5.85. The van der Waals surface area contributed by atoms with Gasteiger partial charge < -0.3 is 0 Å². The molecular formula is C22H20I2N2. The van der Waals surface area contributed by atoms with Gasteiger partial charge in [0.15, 0.2) is 0 Å². The highest BCUT2D eigenvalue weighted by Gasteiger charge is 2.77. The van der Waals surface area contributed by atoms with Gasteiger partial charge in [-0.2, -0.15) is 10.2 Å². The van der Waals surface area contributed by atoms with Gasteiger partial charge in [-0.3, -0.25) is 0 Å². The van der Waals surface area contributed by atoms with Gasteiger partial charge in [0.25, 0.3) is 0 Å². The third kappa shape index (κ3) is 1.88. The van der Waals surface area contributed by atoms with Crippen LogP contribution < -0.4 is 0 Å². The number of rotatable bonds is 2. The normalized spacial score (nSPS) is 35.8. The Morgan fingerprint density at radius 1 is 0.808 bits per heavy atom. The highest BCUT2D eigenvalue weighted by molar-refractivity contribution is 14.1. The van der Waals surface area contributed by atoms with E-state index in [0.717, 1.165) is 6.42 Å². The van der Waals surface area contributed by atoms with Crippen molar-refractivity contribution >= 4 is 45.2 Å². The first kappa shape index (κ1) is 17.3. The van der Waals surface area contributed by atoms with Crippen LogP contribution in [0.3, 0.4) is 0 Å². The van der Waals surface area contributed by atoms with Crippen molar-refractivity contribution in [1.82, 2.24) is 0 Å². The van der Waals surface area contributed by atoms with Crippen LogP contribution in [0.25, 0.3) is 0 Å². The fourth-order valence-corrected chi connectivity index (χ4v) is 6.60. The number of benzene rings is 2. The Morgan fingerprint density at radius 3 is 1.88 bits per heavy atom. The minimum absolute atomic E-state index is 0.0837. The third-order valence-electron chi connectivity index (χ3n) is 7.03. The van der Waals surface area contributed by atoms with Crippen LogP contribution in [0.5, 0.6) is 0 Å². The van der Waals surface area contributed by atoms with Crippen LogP contribution in [0, 0.1) is 24.4 Å². The van der Waals surface area contributed by atoms with Gasteiger partial charge in [0.2, 0.25) is 0 Å². The highest BCUT2D eigenvalue weighted by atomic mass is 127. The van der Waals surface area contributed by atoms with Crippen LogP contribution in [0.15, 0.2) is 70.9 Å². The van der Waals surface area contributed by atoms with Crippen molar-refractivity contribution < 1.29 is 0 Å². The summed E-state index contributed by atoms with van der Waals surface area (Å²) in [5, 5.41) is 10.2. The molecule has 4 atom stereocenters. The molecule has 2 bridgehead atoms. The zero-order valence-corrected chi connectivity index (χ0v) is 19.1. The molecule has 1 heterocycles. The second kappa shape index (κ2) is 5.63. The van der Waals surface area contributed by atoms with Crippen molar-refractivity contribution in [2.75, 3.05) is 0 Å². The van der Waals surface area contributed by atoms with Gasteiger partial charge >= 0.3 is 0 Å². The van der Waals surface area contributed by atoms with Crippen molar-refractivity contribution in [2.24, 2.45) is 27.5 Å². The molecule has 0 saturated heterocycles. The van der Waals surface area contributed by atoms with Crippen molar-refractivity contribution in [3.63, 3.8) is 0 Å². The Morgan fingerprint density at radius 2 is 1.31 bits per heavy atom. The predicted molar refractivity (Wildman–Crippen MR) is 121 cm³/mol. The van der Waals surface area contributed by atoms with Crippen LogP contribution in [-0.4, -0.2) is 0 Å². The Bertz CT molecular complexity index is 930. The largest absolute Gasteiger partial charge is 0.181 e. The van der Waals surface area contributed by atoms with E-state index in [9.17, 15) is 0 Å². The van der Waals surface area contributed by atoms with Gasteiger partial charge in [-0.25, -0.2) is 0 Å². The van der Waals surface area contributed by atoms with Crippen molar-refractivity contribution in [3.8, 4) is 0 Å². The second-order valence-corrected chi connectivity index (χ2v) is 10.7. The molecule has 0 N–H and O–H groups in total. The Hall–Kier alpha value is -0.760. The molecule has 0 spiro atoms. The lowest BCUT2D eigenvalue weighted by Crippen LogP contribution is -2.44. The summed E-state index contributed by atoms with van der Waals surface area (Å²) in [6.45, 7) is 4.77. The molecule has 2 aliphatic carbocycles. The maximum atomic E-state index is 5.08. The molecule has 1 fully saturated rings. The van der Waals surface area contributed by atoms with Crippen LogP contribution in [0.1, 0.15) is 31.4 Å². The summed E-state index contributed by atoms with van der Waals surface area (Å²) in [4.78, 5) is 0. The minimum Gasteiger partial charge on any atom is -0.181 e. The van der Waals surface area contributed by atoms with Gasteiger partial charge in [0.1, 0.15) is 11.1 Å². The molecule has 132 valence electrons. The lowest BCUT2D eigenvalue weighted by molar-refractivity contribution is 0.150. The van der Waals surface area contributed by atoms with E-state index in [1.54, 1.807) is 0 Å². The summed E-state index contributed by atoms with van der Waals surface area (Å²) in [7, 11) is 0. The Labute approximate surface area is 181 Å². The maximum Gasteiger partial charge on any atom is 0.121 e. The summed E-state index contributed by atoms with van der Waals surface area (Å²) in [5.41, 5.74) is 2.00. The topological polar surface area (TPSA) is 24.7 Å². The van der Waals surface area contributed by atoms with Crippen LogP contribution >= 0.6 is 45.2 Å². The molecular weight excluding hydrogens is 546 g/mol. The number of halogens is 2. The monoisotopic (exact) mass is 566 g/mol. The van der Waals surface area contributed by atoms with Gasteiger partial charge in [0.05, 0.1) is 0 Å². The van der Waals surface area contributed by atoms with E-state index in [0.29, 0.717) is 11.8 Å². The fourth-order valence-electron chi connectivity index (χ4n) is 5.88. The molecule has 0 amide bonds. The van der Waals surface area contributed by atoms with E-state index in [2.05, 4.69) is 120 Å². The third-order valence-corrected chi connectivity index (χ3v) is 8.46. The average molecular weight is 566 g/mol. The minimum atomic E-state index is -0.280. The van der Waals surface area contributed by atoms with E-state index >= 15 is 0 Å². The van der Waals surface area contributed by atoms with Gasteiger partial charge in [-0.15, -0.1) is 0 Å². The number of nitrogens with zero attached hydrogens (tertiary/aromatic N) is 2. The van der Waals surface area contributed by atoms with E-state index in [4.69, 9.17) is 10.2 Å². The predicted octanol–water partition coefficient (Wildman–Crippen LogP) is 6.68. The van der Waals surface area contributed by atoms with Gasteiger partial charge in [-0.05, 0) is 87.0 Å². The zero-order valence-electron chi connectivity index (χ0n) is 14.8. The molecule has 1 saturated carbocycles. The second-order valence-electron chi connectivity index (χ2n) is 8.17. The number of hydrogen-bond acceptors (Lipinski definition) is 2. The number of fused-ring (bicyclic) bond motifs is 5. The van der Waals surface area contributed by atoms with Crippen LogP contribution in [-0.2, 0) is 11.1 Å². The summed E-state index contributed by atoms with van der Waals surface area (Å²) in [6, 6.07) is 17.9. The lowest BCUT2D eigenvalue weighted by atomic mass is 9.61.